The lowest BCUT2D eigenvalue weighted by atomic mass is 9.96. The van der Waals surface area contributed by atoms with Crippen LogP contribution in [0.2, 0.25) is 5.02 Å². The minimum absolute atomic E-state index is 0.0199. The molecule has 0 radical (unpaired) electrons. The molecule has 2 aromatic heterocycles. The van der Waals surface area contributed by atoms with E-state index in [1.54, 1.807) is 61.5 Å². The summed E-state index contributed by atoms with van der Waals surface area (Å²) < 4.78 is 12.7. The highest BCUT2D eigenvalue weighted by molar-refractivity contribution is 7.07. The maximum atomic E-state index is 13.6. The first-order chi connectivity index (χ1) is 17.8. The van der Waals surface area contributed by atoms with Gasteiger partial charge in [-0.05, 0) is 48.9 Å². The van der Waals surface area contributed by atoms with Crippen molar-refractivity contribution in [2.75, 3.05) is 7.11 Å². The van der Waals surface area contributed by atoms with Gasteiger partial charge < -0.3 is 9.15 Å². The molecule has 186 valence electrons. The fourth-order valence-corrected chi connectivity index (χ4v) is 5.27. The molecular formula is C26H18ClN3O6S. The number of allylic oxidation sites excluding steroid dienone is 1. The standard InChI is InChI=1S/C26H18ClN3O6S/c1-14-22(25(32)35-2)23(16-3-7-17(27)8-4-16)29-24(31)21(37-26(29)28-14)13-19-11-12-20(36-19)15-5-9-18(10-6-15)30(33)34/h3-13,23H,1-2H3/b21-13+. The SMILES string of the molecule is COC(=O)C1=C(C)N=c2s/c(=C/c3ccc(-c4ccc([N+](=O)[O-])cc4)o3)c(=O)n2C1c1ccc(Cl)cc1. The first kappa shape index (κ1) is 24.4. The highest BCUT2D eigenvalue weighted by atomic mass is 35.5. The van der Waals surface area contributed by atoms with Crippen LogP contribution in [0.1, 0.15) is 24.3 Å². The molecule has 0 aliphatic carbocycles. The summed E-state index contributed by atoms with van der Waals surface area (Å²) in [7, 11) is 1.28. The van der Waals surface area contributed by atoms with E-state index >= 15 is 0 Å². The Morgan fingerprint density at radius 1 is 1.16 bits per heavy atom. The molecule has 3 heterocycles. The van der Waals surface area contributed by atoms with Gasteiger partial charge in [0.25, 0.3) is 11.2 Å². The molecule has 1 unspecified atom stereocenters. The van der Waals surface area contributed by atoms with Crippen molar-refractivity contribution in [1.29, 1.82) is 0 Å². The molecule has 5 rings (SSSR count). The summed E-state index contributed by atoms with van der Waals surface area (Å²) in [5.74, 6) is 0.344. The average molecular weight is 536 g/mol. The molecule has 0 spiro atoms. The molecule has 1 aliphatic heterocycles. The second-order valence-electron chi connectivity index (χ2n) is 8.13. The first-order valence-corrected chi connectivity index (χ1v) is 12.2. The number of hydrogen-bond acceptors (Lipinski definition) is 8. The van der Waals surface area contributed by atoms with Gasteiger partial charge in [-0.2, -0.15) is 0 Å². The van der Waals surface area contributed by atoms with Crippen LogP contribution in [0, 0.1) is 10.1 Å². The zero-order chi connectivity index (χ0) is 26.3. The zero-order valence-electron chi connectivity index (χ0n) is 19.5. The van der Waals surface area contributed by atoms with Gasteiger partial charge in [-0.25, -0.2) is 9.79 Å². The van der Waals surface area contributed by atoms with Gasteiger partial charge in [0.2, 0.25) is 0 Å². The van der Waals surface area contributed by atoms with Gasteiger partial charge in [-0.3, -0.25) is 19.5 Å². The lowest BCUT2D eigenvalue weighted by Gasteiger charge is -2.24. The Balaban J connectivity index is 1.60. The Labute approximate surface area is 218 Å². The lowest BCUT2D eigenvalue weighted by Crippen LogP contribution is -2.39. The molecule has 1 aliphatic rings. The van der Waals surface area contributed by atoms with E-state index in [2.05, 4.69) is 4.99 Å². The highest BCUT2D eigenvalue weighted by Crippen LogP contribution is 2.31. The number of halogens is 1. The summed E-state index contributed by atoms with van der Waals surface area (Å²) in [5.41, 5.74) is 1.71. The zero-order valence-corrected chi connectivity index (χ0v) is 21.1. The number of nitro benzene ring substituents is 1. The van der Waals surface area contributed by atoms with Crippen molar-refractivity contribution in [3.05, 3.63) is 118 Å². The van der Waals surface area contributed by atoms with E-state index < -0.39 is 16.9 Å². The van der Waals surface area contributed by atoms with E-state index in [1.807, 2.05) is 0 Å². The molecule has 1 atom stereocenters. The quantitative estimate of drug-likeness (QED) is 0.214. The van der Waals surface area contributed by atoms with Crippen molar-refractivity contribution in [3.8, 4) is 11.3 Å². The number of furan rings is 1. The van der Waals surface area contributed by atoms with Crippen LogP contribution in [0.4, 0.5) is 5.69 Å². The van der Waals surface area contributed by atoms with Gasteiger partial charge in [0.05, 0.1) is 33.9 Å². The monoisotopic (exact) mass is 535 g/mol. The molecule has 2 aromatic carbocycles. The molecule has 0 N–H and O–H groups in total. The van der Waals surface area contributed by atoms with E-state index in [0.29, 0.717) is 42.7 Å². The minimum atomic E-state index is -0.740. The Bertz CT molecular complexity index is 1750. The predicted octanol–water partition coefficient (Wildman–Crippen LogP) is 4.23. The van der Waals surface area contributed by atoms with Crippen molar-refractivity contribution >= 4 is 40.7 Å². The minimum Gasteiger partial charge on any atom is -0.466 e. The van der Waals surface area contributed by atoms with E-state index in [4.69, 9.17) is 20.8 Å². The Morgan fingerprint density at radius 3 is 2.51 bits per heavy atom. The third kappa shape index (κ3) is 4.52. The van der Waals surface area contributed by atoms with Gasteiger partial charge in [0.15, 0.2) is 4.80 Å². The summed E-state index contributed by atoms with van der Waals surface area (Å²) in [6.45, 7) is 1.70. The first-order valence-electron chi connectivity index (χ1n) is 11.0. The van der Waals surface area contributed by atoms with Gasteiger partial charge in [0.1, 0.15) is 11.5 Å². The lowest BCUT2D eigenvalue weighted by molar-refractivity contribution is -0.384. The van der Waals surface area contributed by atoms with Gasteiger partial charge in [-0.1, -0.05) is 35.1 Å². The van der Waals surface area contributed by atoms with Crippen LogP contribution in [0.5, 0.6) is 0 Å². The maximum absolute atomic E-state index is 13.6. The number of ether oxygens (including phenoxy) is 1. The molecule has 11 heteroatoms. The van der Waals surface area contributed by atoms with E-state index in [9.17, 15) is 19.7 Å². The van der Waals surface area contributed by atoms with Crippen LogP contribution in [-0.2, 0) is 9.53 Å². The van der Waals surface area contributed by atoms with Crippen LogP contribution in [0.25, 0.3) is 17.4 Å². The number of thiazole rings is 1. The number of methoxy groups -OCH3 is 1. The van der Waals surface area contributed by atoms with Gasteiger partial charge in [0, 0.05) is 28.8 Å². The molecule has 0 amide bonds. The number of fused-ring (bicyclic) bond motifs is 1. The summed E-state index contributed by atoms with van der Waals surface area (Å²) >= 11 is 7.24. The average Bonchev–Trinajstić information content (AvgIpc) is 3.48. The summed E-state index contributed by atoms with van der Waals surface area (Å²) in [6.07, 6.45) is 1.61. The van der Waals surface area contributed by atoms with Crippen molar-refractivity contribution in [2.24, 2.45) is 4.99 Å². The molecule has 4 aromatic rings. The fourth-order valence-electron chi connectivity index (χ4n) is 4.12. The molecule has 37 heavy (non-hydrogen) atoms. The van der Waals surface area contributed by atoms with Gasteiger partial charge in [-0.15, -0.1) is 0 Å². The smallest absolute Gasteiger partial charge is 0.338 e. The van der Waals surface area contributed by atoms with Crippen LogP contribution in [-0.4, -0.2) is 22.6 Å². The Hall–Kier alpha value is -4.28. The number of benzene rings is 2. The summed E-state index contributed by atoms with van der Waals surface area (Å²) in [6, 6.07) is 15.6. The van der Waals surface area contributed by atoms with Crippen LogP contribution >= 0.6 is 22.9 Å². The maximum Gasteiger partial charge on any atom is 0.338 e. The van der Waals surface area contributed by atoms with Crippen molar-refractivity contribution in [1.82, 2.24) is 4.57 Å². The van der Waals surface area contributed by atoms with E-state index in [0.717, 1.165) is 0 Å². The fraction of sp³-hybridized carbons (Fsp3) is 0.115. The number of non-ortho nitro benzene ring substituents is 1. The second kappa shape index (κ2) is 9.64. The van der Waals surface area contributed by atoms with Crippen molar-refractivity contribution in [3.63, 3.8) is 0 Å². The number of aromatic nitrogens is 1. The number of carbonyl (C=O) groups is 1. The third-order valence-corrected chi connectivity index (χ3v) is 7.11. The van der Waals surface area contributed by atoms with Gasteiger partial charge >= 0.3 is 5.97 Å². The summed E-state index contributed by atoms with van der Waals surface area (Å²) in [5, 5.41) is 11.4. The number of esters is 1. The van der Waals surface area contributed by atoms with Crippen LogP contribution < -0.4 is 14.9 Å². The molecule has 9 nitrogen and oxygen atoms in total. The van der Waals surface area contributed by atoms with E-state index in [-0.39, 0.29) is 16.8 Å². The number of rotatable bonds is 5. The third-order valence-electron chi connectivity index (χ3n) is 5.88. The number of nitrogens with zero attached hydrogens (tertiary/aromatic N) is 3. The normalized spacial score (nSPS) is 15.3. The number of nitro groups is 1. The highest BCUT2D eigenvalue weighted by Gasteiger charge is 2.33. The van der Waals surface area contributed by atoms with Crippen LogP contribution in [0.15, 0.2) is 86.1 Å². The number of carbonyl (C=O) groups excluding carboxylic acids is 1. The Kier molecular flexibility index (Phi) is 6.36. The Morgan fingerprint density at radius 2 is 1.86 bits per heavy atom. The topological polar surface area (TPSA) is 117 Å². The van der Waals surface area contributed by atoms with Crippen molar-refractivity contribution < 1.29 is 18.9 Å². The molecule has 0 saturated heterocycles. The molecule has 0 fully saturated rings. The second-order valence-corrected chi connectivity index (χ2v) is 9.58. The molecule has 0 saturated carbocycles. The largest absolute Gasteiger partial charge is 0.466 e. The van der Waals surface area contributed by atoms with Crippen LogP contribution in [0.3, 0.4) is 0 Å². The van der Waals surface area contributed by atoms with E-state index in [1.165, 1.54) is 35.1 Å². The number of hydrogen-bond donors (Lipinski definition) is 0. The summed E-state index contributed by atoms with van der Waals surface area (Å²) in [4.78, 5) is 41.7. The molecular weight excluding hydrogens is 518 g/mol. The predicted molar refractivity (Wildman–Crippen MR) is 138 cm³/mol. The molecule has 0 bridgehead atoms. The van der Waals surface area contributed by atoms with Crippen molar-refractivity contribution in [2.45, 2.75) is 13.0 Å².